The van der Waals surface area contributed by atoms with Crippen LogP contribution in [-0.2, 0) is 78.4 Å². The van der Waals surface area contributed by atoms with Crippen LogP contribution >= 0.6 is 0 Å². The average Bonchev–Trinajstić information content (AvgIpc) is 1.64. The highest BCUT2D eigenvalue weighted by atomic mass is 16.5. The van der Waals surface area contributed by atoms with Gasteiger partial charge in [-0.1, -0.05) is 110 Å². The number of aryl methyl sites for hydroxylation is 4. The van der Waals surface area contributed by atoms with Crippen LogP contribution in [0.1, 0.15) is 171 Å². The van der Waals surface area contributed by atoms with Crippen LogP contribution < -0.4 is 26.6 Å². The molecule has 4 fully saturated rings. The quantitative estimate of drug-likeness (QED) is 0.0273. The van der Waals surface area contributed by atoms with Crippen LogP contribution in [0, 0.1) is 11.8 Å². The van der Waals surface area contributed by atoms with Gasteiger partial charge in [0.2, 0.25) is 29.5 Å². The first-order valence-corrected chi connectivity index (χ1v) is 35.0. The Morgan fingerprint density at radius 3 is 1.76 bits per heavy atom. The average molecular weight is 1300 g/mol. The SMILES string of the molecule is CC[C@H](NC)C(=O)N[C@@H]1C(=O)N2[C@@H](CC[C@@H]1CCC(=O)CCc1cn(CCCOCCOCCOCCCCC(=O)[C@@H](NC(=O)[C@@H]3CC[C@@H]4CC[C@H](CCCCc5ccccc5)[C@H](NC(=O)[C@H](C)NC)C(=O)N43)c3ccccc3)nn1)CC[C@H]2C(=O)CCc1ccccc1. The molecule has 512 valence electrons. The highest BCUT2D eigenvalue weighted by molar-refractivity contribution is 5.97. The van der Waals surface area contributed by atoms with Crippen LogP contribution in [0.2, 0.25) is 0 Å². The Balaban J connectivity index is 0.686. The van der Waals surface area contributed by atoms with Crippen LogP contribution in [0.15, 0.2) is 97.2 Å². The number of carbonyl (C=O) groups is 8. The number of aromatic nitrogens is 3. The monoisotopic (exact) mass is 1300 g/mol. The van der Waals surface area contributed by atoms with E-state index in [0.29, 0.717) is 134 Å². The maximum absolute atomic E-state index is 14.7. The summed E-state index contributed by atoms with van der Waals surface area (Å²) >= 11 is 0. The topological polar surface area (TPSA) is 262 Å². The molecule has 0 saturated carbocycles. The van der Waals surface area contributed by atoms with Gasteiger partial charge >= 0.3 is 0 Å². The van der Waals surface area contributed by atoms with Crippen LogP contribution in [0.4, 0.5) is 0 Å². The molecule has 8 rings (SSSR count). The van der Waals surface area contributed by atoms with Crippen LogP contribution in [0.25, 0.3) is 0 Å². The number of nitrogens with zero attached hydrogens (tertiary/aromatic N) is 5. The summed E-state index contributed by atoms with van der Waals surface area (Å²) in [6.45, 7) is 6.81. The lowest BCUT2D eigenvalue weighted by Crippen LogP contribution is -2.58. The standard InChI is InChI=1S/C73H104N10O11/c1-5-61(75-4)70(88)78-68-56(31-35-58-36-40-62(82(58)72(68)90)64(85)42-29-53-22-11-7-12-23-53)32-38-60(84)39-33-57-50-81(80-79-57)43-19-45-93-47-49-94-48-46-92-44-18-17-28-65(86)66(54-25-13-8-14-26-54)76-71(89)63-41-37-59-34-30-55(27-16-15-24-52-20-9-6-10-21-52)67(73(91)83(59)63)77-69(87)51(2)74-3/h6-14,20-23,25-26,50-51,55-56,58-59,61-63,66-68,74-75H,5,15-19,24,27-49H2,1-4H3,(H,76,89)(H,77,87)(H,78,88)/t51-,55-,56+,58-,59-,61-,62-,63-,66-,67-,68-/m0/s1. The van der Waals surface area contributed by atoms with Crippen LogP contribution in [0.3, 0.4) is 0 Å². The second-order valence-electron chi connectivity index (χ2n) is 26.1. The Morgan fingerprint density at radius 1 is 0.564 bits per heavy atom. The van der Waals surface area contributed by atoms with Gasteiger partial charge in [0.15, 0.2) is 11.6 Å². The number of rotatable bonds is 41. The zero-order valence-electron chi connectivity index (χ0n) is 56.0. The third-order valence-electron chi connectivity index (χ3n) is 19.7. The third-order valence-corrected chi connectivity index (χ3v) is 19.7. The maximum Gasteiger partial charge on any atom is 0.246 e. The van der Waals surface area contributed by atoms with Crippen molar-refractivity contribution in [1.29, 1.82) is 0 Å². The van der Waals surface area contributed by atoms with Crippen molar-refractivity contribution in [1.82, 2.24) is 51.4 Å². The zero-order chi connectivity index (χ0) is 66.6. The Morgan fingerprint density at radius 2 is 1.13 bits per heavy atom. The van der Waals surface area contributed by atoms with Gasteiger partial charge in [-0.05, 0) is 165 Å². The van der Waals surface area contributed by atoms with Gasteiger partial charge < -0.3 is 50.6 Å². The molecule has 4 aliphatic rings. The fourth-order valence-corrected chi connectivity index (χ4v) is 14.1. The van der Waals surface area contributed by atoms with Crippen LogP contribution in [0.5, 0.6) is 0 Å². The van der Waals surface area contributed by atoms with Gasteiger partial charge in [0.25, 0.3) is 0 Å². The fraction of sp³-hybridized carbons (Fsp3) is 0.616. The highest BCUT2D eigenvalue weighted by Crippen LogP contribution is 2.38. The lowest BCUT2D eigenvalue weighted by molar-refractivity contribution is -0.144. The summed E-state index contributed by atoms with van der Waals surface area (Å²) in [5, 5.41) is 23.8. The minimum Gasteiger partial charge on any atom is -0.379 e. The number of benzene rings is 3. The van der Waals surface area contributed by atoms with Crippen molar-refractivity contribution < 1.29 is 52.6 Å². The Bertz CT molecular complexity index is 3020. The zero-order valence-corrected chi connectivity index (χ0v) is 56.0. The summed E-state index contributed by atoms with van der Waals surface area (Å²) in [6.07, 6.45) is 15.9. The summed E-state index contributed by atoms with van der Waals surface area (Å²) < 4.78 is 19.1. The Labute approximate surface area is 556 Å². The summed E-state index contributed by atoms with van der Waals surface area (Å²) in [4.78, 5) is 115. The van der Waals surface area contributed by atoms with E-state index in [-0.39, 0.29) is 90.1 Å². The first-order valence-electron chi connectivity index (χ1n) is 35.0. The number of fused-ring (bicyclic) bond motifs is 2. The molecule has 0 radical (unpaired) electrons. The number of likely N-dealkylation sites (N-methyl/N-ethyl adjacent to an activating group) is 2. The molecule has 3 aromatic carbocycles. The van der Waals surface area contributed by atoms with E-state index in [1.807, 2.05) is 92.0 Å². The molecule has 4 aromatic rings. The molecule has 5 heterocycles. The third kappa shape index (κ3) is 21.5. The number of amides is 5. The van der Waals surface area contributed by atoms with E-state index in [9.17, 15) is 38.4 Å². The van der Waals surface area contributed by atoms with Crippen LogP contribution in [-0.4, -0.2) is 174 Å². The molecule has 94 heavy (non-hydrogen) atoms. The predicted molar refractivity (Wildman–Crippen MR) is 358 cm³/mol. The van der Waals surface area contributed by atoms with E-state index in [0.717, 1.165) is 56.9 Å². The van der Waals surface area contributed by atoms with Crippen molar-refractivity contribution in [2.75, 3.05) is 53.7 Å². The fourth-order valence-electron chi connectivity index (χ4n) is 14.1. The summed E-state index contributed by atoms with van der Waals surface area (Å²) in [7, 11) is 3.44. The van der Waals surface area contributed by atoms with E-state index >= 15 is 0 Å². The maximum atomic E-state index is 14.7. The van der Waals surface area contributed by atoms with Gasteiger partial charge in [-0.15, -0.1) is 5.10 Å². The van der Waals surface area contributed by atoms with E-state index < -0.39 is 42.3 Å². The van der Waals surface area contributed by atoms with Crippen molar-refractivity contribution in [3.63, 3.8) is 0 Å². The Hall–Kier alpha value is -7.04. The summed E-state index contributed by atoms with van der Waals surface area (Å²) in [6, 6.07) is 24.6. The van der Waals surface area contributed by atoms with Crippen molar-refractivity contribution in [3.05, 3.63) is 120 Å². The van der Waals surface area contributed by atoms with E-state index in [2.05, 4.69) is 49.0 Å². The number of Topliss-reactive ketones (excluding diaryl/α,β-unsaturated/α-hetero) is 3. The van der Waals surface area contributed by atoms with Crippen molar-refractivity contribution in [2.45, 2.75) is 222 Å². The summed E-state index contributed by atoms with van der Waals surface area (Å²) in [5.74, 6) is -1.63. The van der Waals surface area contributed by atoms with Gasteiger partial charge in [0.05, 0.1) is 50.2 Å². The first kappa shape index (κ1) is 72.8. The molecule has 21 nitrogen and oxygen atoms in total. The molecule has 21 heteroatoms. The van der Waals surface area contributed by atoms with E-state index in [1.54, 1.807) is 35.5 Å². The number of unbranched alkanes of at least 4 members (excludes halogenated alkanes) is 2. The van der Waals surface area contributed by atoms with E-state index in [1.165, 1.54) is 5.56 Å². The molecule has 0 bridgehead atoms. The molecule has 1 aromatic heterocycles. The van der Waals surface area contributed by atoms with Crippen molar-refractivity contribution >= 4 is 46.9 Å². The predicted octanol–water partition coefficient (Wildman–Crippen LogP) is 7.33. The highest BCUT2D eigenvalue weighted by Gasteiger charge is 2.49. The molecule has 4 saturated heterocycles. The Kier molecular flexibility index (Phi) is 29.8. The van der Waals surface area contributed by atoms with E-state index in [4.69, 9.17) is 14.2 Å². The smallest absolute Gasteiger partial charge is 0.246 e. The largest absolute Gasteiger partial charge is 0.379 e. The molecule has 11 atom stereocenters. The first-order chi connectivity index (χ1) is 45.8. The molecule has 5 amide bonds. The molecule has 4 aliphatic heterocycles. The molecular formula is C73H104N10O11. The van der Waals surface area contributed by atoms with Crippen molar-refractivity contribution in [2.24, 2.45) is 11.8 Å². The second-order valence-corrected chi connectivity index (χ2v) is 26.1. The minimum absolute atomic E-state index is 0.0499. The molecule has 0 aliphatic carbocycles. The second kappa shape index (κ2) is 38.5. The lowest BCUT2D eigenvalue weighted by atomic mass is 9.87. The number of ketones is 3. The normalized spacial score (nSPS) is 22.1. The number of hydrogen-bond acceptors (Lipinski definition) is 15. The van der Waals surface area contributed by atoms with Gasteiger partial charge in [0.1, 0.15) is 30.0 Å². The molecule has 0 unspecified atom stereocenters. The van der Waals surface area contributed by atoms with Crippen molar-refractivity contribution in [3.8, 4) is 0 Å². The number of hydrogen-bond donors (Lipinski definition) is 5. The van der Waals surface area contributed by atoms with Gasteiger partial charge in [0, 0.05) is 63.7 Å². The minimum atomic E-state index is -0.882. The van der Waals surface area contributed by atoms with Gasteiger partial charge in [-0.3, -0.25) is 43.0 Å². The molecule has 0 spiro atoms. The summed E-state index contributed by atoms with van der Waals surface area (Å²) in [5.41, 5.74) is 3.75. The number of carbonyl (C=O) groups excluding carboxylic acids is 8. The molecule has 5 N–H and O–H groups in total. The lowest BCUT2D eigenvalue weighted by Gasteiger charge is -2.33. The molecular weight excluding hydrogens is 1190 g/mol. The van der Waals surface area contributed by atoms with Gasteiger partial charge in [-0.25, -0.2) is 0 Å². The number of nitrogens with one attached hydrogen (secondary N) is 5. The number of ether oxygens (including phenoxy) is 3. The van der Waals surface area contributed by atoms with Gasteiger partial charge in [-0.2, -0.15) is 0 Å².